The van der Waals surface area contributed by atoms with E-state index in [0.29, 0.717) is 12.0 Å². The number of piperazine rings is 1. The first-order chi connectivity index (χ1) is 14.0. The topological polar surface area (TPSA) is 72.4 Å². The van der Waals surface area contributed by atoms with Crippen LogP contribution in [0, 0.1) is 5.92 Å². The van der Waals surface area contributed by atoms with Gasteiger partial charge in [0.2, 0.25) is 5.91 Å². The molecule has 168 valence electrons. The van der Waals surface area contributed by atoms with Crippen LogP contribution in [0.25, 0.3) is 0 Å². The first-order valence-electron chi connectivity index (χ1n) is 11.3. The molecule has 1 unspecified atom stereocenters. The van der Waals surface area contributed by atoms with Crippen molar-refractivity contribution < 1.29 is 9.53 Å². The first-order valence-corrected chi connectivity index (χ1v) is 11.3. The van der Waals surface area contributed by atoms with Crippen molar-refractivity contribution in [2.24, 2.45) is 10.9 Å². The maximum Gasteiger partial charge on any atom is 0.219 e. The van der Waals surface area contributed by atoms with Gasteiger partial charge in [0.05, 0.1) is 19.8 Å². The summed E-state index contributed by atoms with van der Waals surface area (Å²) in [6, 6.07) is 0.467. The molecule has 0 aromatic rings. The molecular formula is C21H42N6O2. The molecule has 2 aliphatic rings. The van der Waals surface area contributed by atoms with E-state index in [2.05, 4.69) is 41.2 Å². The third-order valence-electron chi connectivity index (χ3n) is 5.65. The second-order valence-electron chi connectivity index (χ2n) is 8.43. The zero-order valence-electron chi connectivity index (χ0n) is 19.0. The van der Waals surface area contributed by atoms with Crippen LogP contribution in [0.3, 0.4) is 0 Å². The van der Waals surface area contributed by atoms with Crippen molar-refractivity contribution in [2.45, 2.75) is 40.2 Å². The molecule has 2 aliphatic heterocycles. The van der Waals surface area contributed by atoms with Gasteiger partial charge in [-0.2, -0.15) is 0 Å². The monoisotopic (exact) mass is 410 g/mol. The Morgan fingerprint density at radius 1 is 1.07 bits per heavy atom. The van der Waals surface area contributed by atoms with Crippen molar-refractivity contribution in [3.8, 4) is 0 Å². The molecule has 0 aliphatic carbocycles. The van der Waals surface area contributed by atoms with Crippen LogP contribution in [-0.2, 0) is 9.53 Å². The molecule has 0 saturated carbocycles. The molecule has 0 aromatic carbocycles. The van der Waals surface area contributed by atoms with Gasteiger partial charge in [-0.15, -0.1) is 0 Å². The molecule has 29 heavy (non-hydrogen) atoms. The fraction of sp³-hybridized carbons (Fsp3) is 0.905. The highest BCUT2D eigenvalue weighted by Crippen LogP contribution is 2.14. The van der Waals surface area contributed by atoms with Crippen molar-refractivity contribution in [1.29, 1.82) is 0 Å². The van der Waals surface area contributed by atoms with Crippen LogP contribution in [0.4, 0.5) is 0 Å². The van der Waals surface area contributed by atoms with Crippen molar-refractivity contribution in [3.63, 3.8) is 0 Å². The Labute approximate surface area is 177 Å². The highest BCUT2D eigenvalue weighted by atomic mass is 16.5. The van der Waals surface area contributed by atoms with Gasteiger partial charge >= 0.3 is 0 Å². The third kappa shape index (κ3) is 8.88. The van der Waals surface area contributed by atoms with Gasteiger partial charge in [0.15, 0.2) is 5.96 Å². The number of carbonyl (C=O) groups is 1. The largest absolute Gasteiger partial charge is 0.379 e. The summed E-state index contributed by atoms with van der Waals surface area (Å²) in [6.07, 6.45) is 1.16. The quantitative estimate of drug-likeness (QED) is 0.425. The lowest BCUT2D eigenvalue weighted by molar-refractivity contribution is -0.130. The van der Waals surface area contributed by atoms with E-state index in [-0.39, 0.29) is 5.91 Å². The van der Waals surface area contributed by atoms with E-state index >= 15 is 0 Å². The van der Waals surface area contributed by atoms with E-state index in [1.165, 1.54) is 0 Å². The molecule has 1 atom stereocenters. The summed E-state index contributed by atoms with van der Waals surface area (Å²) in [6.45, 7) is 19.0. The van der Waals surface area contributed by atoms with E-state index in [1.54, 1.807) is 6.92 Å². The standard InChI is InChI=1S/C21H42N6O2/c1-5-22-21(23-6-7-25-8-10-26(11-9-25)19(4)28)24-17-20(16-18(2)3)27-12-14-29-15-13-27/h18,20H,5-17H2,1-4H3,(H2,22,23,24). The van der Waals surface area contributed by atoms with Crippen LogP contribution in [0.15, 0.2) is 4.99 Å². The maximum absolute atomic E-state index is 11.4. The van der Waals surface area contributed by atoms with Crippen molar-refractivity contribution >= 4 is 11.9 Å². The number of nitrogens with one attached hydrogen (secondary N) is 2. The Bertz CT molecular complexity index is 499. The smallest absolute Gasteiger partial charge is 0.219 e. The molecule has 2 heterocycles. The number of hydrogen-bond donors (Lipinski definition) is 2. The number of ether oxygens (including phenoxy) is 1. The van der Waals surface area contributed by atoms with Crippen LogP contribution < -0.4 is 10.6 Å². The molecule has 0 bridgehead atoms. The molecule has 0 radical (unpaired) electrons. The average Bonchev–Trinajstić information content (AvgIpc) is 2.71. The van der Waals surface area contributed by atoms with Gasteiger partial charge in [-0.05, 0) is 19.3 Å². The molecule has 2 fully saturated rings. The molecule has 1 amide bonds. The molecule has 8 nitrogen and oxygen atoms in total. The average molecular weight is 411 g/mol. The van der Waals surface area contributed by atoms with Gasteiger partial charge in [-0.25, -0.2) is 0 Å². The van der Waals surface area contributed by atoms with Crippen LogP contribution >= 0.6 is 0 Å². The van der Waals surface area contributed by atoms with Crippen LogP contribution in [0.2, 0.25) is 0 Å². The van der Waals surface area contributed by atoms with E-state index < -0.39 is 0 Å². The summed E-state index contributed by atoms with van der Waals surface area (Å²) in [5.74, 6) is 1.74. The Kier molecular flexibility index (Phi) is 10.7. The van der Waals surface area contributed by atoms with E-state index in [1.807, 2.05) is 4.90 Å². The highest BCUT2D eigenvalue weighted by Gasteiger charge is 2.22. The zero-order chi connectivity index (χ0) is 21.1. The van der Waals surface area contributed by atoms with Gasteiger partial charge in [-0.3, -0.25) is 19.6 Å². The predicted octanol–water partition coefficient (Wildman–Crippen LogP) is 0.453. The SMILES string of the molecule is CCNC(=NCC(CC(C)C)N1CCOCC1)NCCN1CCN(C(C)=O)CC1. The summed E-state index contributed by atoms with van der Waals surface area (Å²) >= 11 is 0. The summed E-state index contributed by atoms with van der Waals surface area (Å²) in [5, 5.41) is 6.87. The molecular weight excluding hydrogens is 368 g/mol. The highest BCUT2D eigenvalue weighted by molar-refractivity contribution is 5.79. The molecule has 2 N–H and O–H groups in total. The van der Waals surface area contributed by atoms with Crippen molar-refractivity contribution in [2.75, 3.05) is 78.7 Å². The van der Waals surface area contributed by atoms with Crippen LogP contribution in [-0.4, -0.2) is 111 Å². The number of amides is 1. The number of hydrogen-bond acceptors (Lipinski definition) is 5. The summed E-state index contributed by atoms with van der Waals surface area (Å²) in [4.78, 5) is 23.2. The van der Waals surface area contributed by atoms with Crippen LogP contribution in [0.5, 0.6) is 0 Å². The predicted molar refractivity (Wildman–Crippen MR) is 118 cm³/mol. The first kappa shape index (κ1) is 23.9. The third-order valence-corrected chi connectivity index (χ3v) is 5.65. The lowest BCUT2D eigenvalue weighted by Crippen LogP contribution is -2.50. The number of carbonyl (C=O) groups excluding carboxylic acids is 1. The van der Waals surface area contributed by atoms with Crippen molar-refractivity contribution in [3.05, 3.63) is 0 Å². The van der Waals surface area contributed by atoms with Gasteiger partial charge in [0.1, 0.15) is 0 Å². The Morgan fingerprint density at radius 2 is 1.76 bits per heavy atom. The minimum Gasteiger partial charge on any atom is -0.379 e. The van der Waals surface area contributed by atoms with E-state index in [4.69, 9.17) is 9.73 Å². The van der Waals surface area contributed by atoms with Gasteiger partial charge in [-0.1, -0.05) is 13.8 Å². The molecule has 8 heteroatoms. The molecule has 2 saturated heterocycles. The minimum atomic E-state index is 0.181. The van der Waals surface area contributed by atoms with Gasteiger partial charge < -0.3 is 20.3 Å². The van der Waals surface area contributed by atoms with Gasteiger partial charge in [0.25, 0.3) is 0 Å². The minimum absolute atomic E-state index is 0.181. The Morgan fingerprint density at radius 3 is 2.34 bits per heavy atom. The fourth-order valence-electron chi connectivity index (χ4n) is 3.98. The number of aliphatic imine (C=N–C) groups is 1. The lowest BCUT2D eigenvalue weighted by atomic mass is 10.0. The number of nitrogens with zero attached hydrogens (tertiary/aromatic N) is 4. The lowest BCUT2D eigenvalue weighted by Gasteiger charge is -2.35. The zero-order valence-corrected chi connectivity index (χ0v) is 19.0. The summed E-state index contributed by atoms with van der Waals surface area (Å²) < 4.78 is 5.52. The molecule has 0 spiro atoms. The summed E-state index contributed by atoms with van der Waals surface area (Å²) in [5.41, 5.74) is 0. The molecule has 0 aromatic heterocycles. The fourth-order valence-corrected chi connectivity index (χ4v) is 3.98. The Balaban J connectivity index is 1.80. The second-order valence-corrected chi connectivity index (χ2v) is 8.43. The molecule has 2 rings (SSSR count). The van der Waals surface area contributed by atoms with Crippen LogP contribution in [0.1, 0.15) is 34.1 Å². The Hall–Kier alpha value is -1.38. The maximum atomic E-state index is 11.4. The van der Waals surface area contributed by atoms with Crippen molar-refractivity contribution in [1.82, 2.24) is 25.3 Å². The number of guanidine groups is 1. The van der Waals surface area contributed by atoms with E-state index in [0.717, 1.165) is 91.0 Å². The normalized spacial score (nSPS) is 20.7. The second kappa shape index (κ2) is 13.0. The number of morpholine rings is 1. The van der Waals surface area contributed by atoms with E-state index in [9.17, 15) is 4.79 Å². The number of rotatable bonds is 9. The summed E-state index contributed by atoms with van der Waals surface area (Å²) in [7, 11) is 0. The van der Waals surface area contributed by atoms with Gasteiger partial charge in [0, 0.05) is 71.9 Å².